The first kappa shape index (κ1) is 25.1. The molecular weight excluding hydrogens is 465 g/mol. The number of fused-ring (bicyclic) bond motifs is 2. The van der Waals surface area contributed by atoms with E-state index in [-0.39, 0.29) is 17.7 Å². The molecule has 3 aliphatic heterocycles. The molecule has 6 atom stereocenters. The van der Waals surface area contributed by atoms with Gasteiger partial charge in [-0.25, -0.2) is 0 Å². The highest BCUT2D eigenvalue weighted by Gasteiger charge is 2.49. The summed E-state index contributed by atoms with van der Waals surface area (Å²) in [6.07, 6.45) is 9.38. The van der Waals surface area contributed by atoms with Crippen LogP contribution in [0.5, 0.6) is 0 Å². The summed E-state index contributed by atoms with van der Waals surface area (Å²) in [6.45, 7) is 2.30. The van der Waals surface area contributed by atoms with Crippen molar-refractivity contribution in [1.82, 2.24) is 14.7 Å². The van der Waals surface area contributed by atoms with Crippen LogP contribution >= 0.6 is 0 Å². The Morgan fingerprint density at radius 1 is 1.16 bits per heavy atom. The number of amides is 3. The first-order valence-corrected chi connectivity index (χ1v) is 14.3. The lowest BCUT2D eigenvalue weighted by Crippen LogP contribution is -2.53. The molecule has 0 aromatic heterocycles. The molecule has 3 unspecified atom stereocenters. The number of likely N-dealkylation sites (N-methyl/N-ethyl adjacent to an activating group) is 1. The maximum atomic E-state index is 13.2. The normalized spacial score (nSPS) is 36.0. The highest BCUT2D eigenvalue weighted by atomic mass is 16.5. The molecule has 2 aliphatic carbocycles. The number of rotatable bonds is 5. The molecule has 3 heterocycles. The van der Waals surface area contributed by atoms with E-state index in [1.165, 1.54) is 56.0 Å². The molecule has 198 valence electrons. The van der Waals surface area contributed by atoms with Crippen LogP contribution in [0.1, 0.15) is 72.9 Å². The van der Waals surface area contributed by atoms with Crippen LogP contribution in [0.3, 0.4) is 0 Å². The van der Waals surface area contributed by atoms with Gasteiger partial charge in [0.15, 0.2) is 0 Å². The predicted molar refractivity (Wildman–Crippen MR) is 143 cm³/mol. The van der Waals surface area contributed by atoms with Crippen molar-refractivity contribution in [2.24, 2.45) is 11.8 Å². The Labute approximate surface area is 221 Å². The second-order valence-electron chi connectivity index (χ2n) is 12.7. The van der Waals surface area contributed by atoms with Crippen LogP contribution in [-0.2, 0) is 27.3 Å². The number of likely N-dealkylation sites (tertiary alicyclic amines) is 1. The lowest BCUT2D eigenvalue weighted by atomic mass is 9.64. The van der Waals surface area contributed by atoms with Crippen molar-refractivity contribution in [2.45, 2.75) is 87.8 Å². The van der Waals surface area contributed by atoms with E-state index in [1.54, 1.807) is 4.90 Å². The minimum absolute atomic E-state index is 0.0813. The lowest BCUT2D eigenvalue weighted by molar-refractivity contribution is -0.150. The summed E-state index contributed by atoms with van der Waals surface area (Å²) in [7, 11) is 6.30. The number of nitrogens with zero attached hydrogens (tertiary/aromatic N) is 3. The summed E-state index contributed by atoms with van der Waals surface area (Å²) in [6, 6.07) is 7.01. The number of imide groups is 1. The van der Waals surface area contributed by atoms with Crippen molar-refractivity contribution in [2.75, 3.05) is 27.3 Å². The summed E-state index contributed by atoms with van der Waals surface area (Å²) in [5, 5.41) is 0.350. The van der Waals surface area contributed by atoms with Gasteiger partial charge in [-0.3, -0.25) is 19.3 Å². The van der Waals surface area contributed by atoms with E-state index < -0.39 is 6.04 Å². The van der Waals surface area contributed by atoms with E-state index in [4.69, 9.17) is 4.74 Å². The van der Waals surface area contributed by atoms with E-state index in [1.807, 2.05) is 6.07 Å². The summed E-state index contributed by atoms with van der Waals surface area (Å²) >= 11 is 0. The van der Waals surface area contributed by atoms with Gasteiger partial charge in [0.1, 0.15) is 13.9 Å². The Morgan fingerprint density at radius 2 is 1.97 bits per heavy atom. The van der Waals surface area contributed by atoms with Gasteiger partial charge in [0, 0.05) is 50.9 Å². The van der Waals surface area contributed by atoms with Crippen LogP contribution in [0.4, 0.5) is 0 Å². The molecule has 2 saturated carbocycles. The molecule has 0 radical (unpaired) electrons. The molecule has 3 amide bonds. The maximum absolute atomic E-state index is 13.2. The van der Waals surface area contributed by atoms with Crippen LogP contribution in [0.2, 0.25) is 5.31 Å². The van der Waals surface area contributed by atoms with Gasteiger partial charge in [0.2, 0.25) is 5.91 Å². The molecule has 7 nitrogen and oxygen atoms in total. The molecule has 37 heavy (non-hydrogen) atoms. The minimum Gasteiger partial charge on any atom is -0.381 e. The number of carbonyl (C=O) groups is 3. The first-order valence-electron chi connectivity index (χ1n) is 14.3. The number of hydrogen-bond acceptors (Lipinski definition) is 5. The third-order valence-electron chi connectivity index (χ3n) is 10.5. The van der Waals surface area contributed by atoms with Gasteiger partial charge in [-0.15, -0.1) is 0 Å². The van der Waals surface area contributed by atoms with Gasteiger partial charge < -0.3 is 14.5 Å². The Morgan fingerprint density at radius 3 is 2.78 bits per heavy atom. The molecule has 0 bridgehead atoms. The number of benzene rings is 1. The largest absolute Gasteiger partial charge is 0.381 e. The van der Waals surface area contributed by atoms with Gasteiger partial charge in [0.25, 0.3) is 11.8 Å². The second kappa shape index (κ2) is 9.53. The third-order valence-corrected chi connectivity index (χ3v) is 10.5. The molecule has 0 N–H and O–H groups in total. The van der Waals surface area contributed by atoms with Gasteiger partial charge >= 0.3 is 0 Å². The van der Waals surface area contributed by atoms with Crippen molar-refractivity contribution < 1.29 is 19.1 Å². The van der Waals surface area contributed by atoms with E-state index in [0.717, 1.165) is 25.2 Å². The van der Waals surface area contributed by atoms with Crippen LogP contribution in [0, 0.1) is 11.8 Å². The fraction of sp³-hybridized carbons (Fsp3) is 0.690. The van der Waals surface area contributed by atoms with Gasteiger partial charge in [-0.05, 0) is 79.9 Å². The van der Waals surface area contributed by atoms with Crippen molar-refractivity contribution in [3.05, 3.63) is 34.9 Å². The highest BCUT2D eigenvalue weighted by Crippen LogP contribution is 2.53. The van der Waals surface area contributed by atoms with E-state index in [0.29, 0.717) is 54.2 Å². The quantitative estimate of drug-likeness (QED) is 0.454. The van der Waals surface area contributed by atoms with Crippen LogP contribution < -0.4 is 0 Å². The molecule has 2 saturated heterocycles. The molecule has 1 aromatic rings. The second-order valence-corrected chi connectivity index (χ2v) is 12.7. The number of carbonyl (C=O) groups excluding carboxylic acids is 3. The summed E-state index contributed by atoms with van der Waals surface area (Å²) in [5.74, 6) is 0.814. The molecule has 8 heteroatoms. The van der Waals surface area contributed by atoms with E-state index in [9.17, 15) is 14.4 Å². The molecule has 6 rings (SSSR count). The fourth-order valence-electron chi connectivity index (χ4n) is 8.09. The van der Waals surface area contributed by atoms with Gasteiger partial charge in [0.05, 0.1) is 0 Å². The average molecular weight is 505 g/mol. The van der Waals surface area contributed by atoms with E-state index in [2.05, 4.69) is 31.9 Å². The average Bonchev–Trinajstić information content (AvgIpc) is 3.51. The Hall–Kier alpha value is -2.19. The third kappa shape index (κ3) is 4.34. The zero-order chi connectivity index (χ0) is 25.9. The minimum atomic E-state index is -0.541. The van der Waals surface area contributed by atoms with Crippen LogP contribution in [-0.4, -0.2) is 85.7 Å². The smallest absolute Gasteiger partial charge is 0.255 e. The summed E-state index contributed by atoms with van der Waals surface area (Å²) in [4.78, 5) is 43.4. The Kier molecular flexibility index (Phi) is 6.47. The predicted octanol–water partition coefficient (Wildman–Crippen LogP) is 2.42. The van der Waals surface area contributed by atoms with Gasteiger partial charge in [-0.1, -0.05) is 25.0 Å². The fourth-order valence-corrected chi connectivity index (χ4v) is 8.09. The lowest BCUT2D eigenvalue weighted by Gasteiger charge is -2.42. The molecule has 0 spiro atoms. The topological polar surface area (TPSA) is 70.2 Å². The van der Waals surface area contributed by atoms with E-state index >= 15 is 0 Å². The van der Waals surface area contributed by atoms with Crippen molar-refractivity contribution in [3.63, 3.8) is 0 Å². The summed E-state index contributed by atoms with van der Waals surface area (Å²) in [5.41, 5.74) is 3.03. The van der Waals surface area contributed by atoms with Crippen molar-refractivity contribution in [3.8, 4) is 0 Å². The van der Waals surface area contributed by atoms with Crippen molar-refractivity contribution in [1.29, 1.82) is 0 Å². The zero-order valence-electron chi connectivity index (χ0n) is 22.6. The van der Waals surface area contributed by atoms with Crippen LogP contribution in [0.25, 0.3) is 0 Å². The highest BCUT2D eigenvalue weighted by molar-refractivity contribution is 6.16. The molecule has 5 aliphatic rings. The SMILES string of the molecule is B[C@]12COC[C@H]1CC(N(C)C1CCCC[C@@H]1Cc1ccc3c(c1)CN(C1CCC(=O)N(C)C1=O)C3=O)C2. The molecule has 4 fully saturated rings. The van der Waals surface area contributed by atoms with Gasteiger partial charge in [-0.2, -0.15) is 0 Å². The van der Waals surface area contributed by atoms with Crippen LogP contribution in [0.15, 0.2) is 18.2 Å². The first-order chi connectivity index (χ1) is 17.7. The zero-order valence-corrected chi connectivity index (χ0v) is 22.6. The Balaban J connectivity index is 1.15. The number of piperidine rings is 1. The number of ether oxygens (including phenoxy) is 1. The molecular formula is C29H40BN3O4. The van der Waals surface area contributed by atoms with Crippen molar-refractivity contribution >= 4 is 25.6 Å². The maximum Gasteiger partial charge on any atom is 0.255 e. The monoisotopic (exact) mass is 505 g/mol. The summed E-state index contributed by atoms with van der Waals surface area (Å²) < 4.78 is 5.81. The Bertz CT molecular complexity index is 1110. The number of hydrogen-bond donors (Lipinski definition) is 0. The molecule has 1 aromatic carbocycles. The standard InChI is InChI=1S/C29H40BN3O4/c1-31(22-13-21-16-37-17-29(21,30)14-22)24-6-4-3-5-19(24)11-18-7-8-23-20(12-18)15-33(27(23)35)25-9-10-26(34)32(2)28(25)36/h7-8,12,19,21-22,24-25H,3-6,9-11,13-17,30H2,1-2H3/t19-,21-,22?,24?,25?,29-/m1/s1.